The molecule has 1 heterocycles. The Morgan fingerprint density at radius 1 is 1.28 bits per heavy atom. The molecule has 0 radical (unpaired) electrons. The van der Waals surface area contributed by atoms with Crippen molar-refractivity contribution in [3.63, 3.8) is 0 Å². The monoisotopic (exact) mass is 261 g/mol. The highest BCUT2D eigenvalue weighted by Gasteiger charge is 2.09. The van der Waals surface area contributed by atoms with Crippen LogP contribution in [0.25, 0.3) is 0 Å². The maximum atomic E-state index is 5.60. The first-order valence-electron chi connectivity index (χ1n) is 6.27. The zero-order valence-corrected chi connectivity index (χ0v) is 11.2. The van der Waals surface area contributed by atoms with Crippen molar-refractivity contribution in [1.29, 1.82) is 0 Å². The number of hydrogen-bond donors (Lipinski definition) is 2. The number of nitrogens with two attached hydrogens (primary N) is 1. The summed E-state index contributed by atoms with van der Waals surface area (Å²) in [7, 11) is 0. The van der Waals surface area contributed by atoms with Crippen LogP contribution >= 0.6 is 11.3 Å². The summed E-state index contributed by atoms with van der Waals surface area (Å²) >= 11 is 1.69. The van der Waals surface area contributed by atoms with Crippen molar-refractivity contribution in [3.8, 4) is 0 Å². The third-order valence-corrected chi connectivity index (χ3v) is 3.80. The van der Waals surface area contributed by atoms with E-state index in [0.717, 1.165) is 30.7 Å². The number of nitrogens with zero attached hydrogens (tertiary/aromatic N) is 1. The van der Waals surface area contributed by atoms with Gasteiger partial charge < -0.3 is 0 Å². The van der Waals surface area contributed by atoms with Crippen LogP contribution in [0.1, 0.15) is 23.4 Å². The maximum absolute atomic E-state index is 5.60. The lowest BCUT2D eigenvalue weighted by Gasteiger charge is -2.14. The summed E-state index contributed by atoms with van der Waals surface area (Å²) < 4.78 is 0. The largest absolute Gasteiger partial charge is 0.271 e. The van der Waals surface area contributed by atoms with Gasteiger partial charge in [-0.1, -0.05) is 30.3 Å². The highest BCUT2D eigenvalue weighted by molar-refractivity contribution is 7.09. The number of rotatable bonds is 7. The quantitative estimate of drug-likeness (QED) is 0.595. The van der Waals surface area contributed by atoms with E-state index in [-0.39, 0.29) is 0 Å². The first kappa shape index (κ1) is 13.2. The lowest BCUT2D eigenvalue weighted by molar-refractivity contribution is 0.475. The highest BCUT2D eigenvalue weighted by atomic mass is 32.1. The van der Waals surface area contributed by atoms with E-state index in [4.69, 9.17) is 5.84 Å². The minimum absolute atomic E-state index is 0.319. The second kappa shape index (κ2) is 7.26. The van der Waals surface area contributed by atoms with Crippen LogP contribution in [0, 0.1) is 0 Å². The zero-order valence-electron chi connectivity index (χ0n) is 10.4. The first-order chi connectivity index (χ1) is 8.88. The zero-order chi connectivity index (χ0) is 12.6. The number of aryl methyl sites for hydroxylation is 1. The first-order valence-corrected chi connectivity index (χ1v) is 7.15. The van der Waals surface area contributed by atoms with E-state index < -0.39 is 0 Å². The van der Waals surface area contributed by atoms with Gasteiger partial charge in [-0.2, -0.15) is 0 Å². The molecule has 0 aliphatic carbocycles. The minimum atomic E-state index is 0.319. The van der Waals surface area contributed by atoms with E-state index in [1.165, 1.54) is 5.56 Å². The van der Waals surface area contributed by atoms with Gasteiger partial charge in [0.1, 0.15) is 0 Å². The number of thiazole rings is 1. The molecular weight excluding hydrogens is 242 g/mol. The smallest absolute Gasteiger partial charge is 0.0940 e. The lowest BCUT2D eigenvalue weighted by Crippen LogP contribution is -2.36. The normalized spacial score (nSPS) is 12.5. The minimum Gasteiger partial charge on any atom is -0.271 e. The number of hydrazine groups is 1. The highest BCUT2D eigenvalue weighted by Crippen LogP contribution is 2.12. The number of hydrogen-bond acceptors (Lipinski definition) is 4. The Bertz CT molecular complexity index is 428. The molecule has 0 spiro atoms. The molecule has 3 N–H and O–H groups in total. The molecule has 1 aromatic heterocycles. The molecule has 0 saturated heterocycles. The molecule has 4 heteroatoms. The van der Waals surface area contributed by atoms with Gasteiger partial charge in [0, 0.05) is 24.0 Å². The number of benzene rings is 1. The molecule has 1 unspecified atom stereocenters. The molecule has 0 amide bonds. The molecular formula is C14H19N3S. The Labute approximate surface area is 112 Å². The Balaban J connectivity index is 1.74. The predicted molar refractivity (Wildman–Crippen MR) is 76.3 cm³/mol. The van der Waals surface area contributed by atoms with Gasteiger partial charge in [-0.15, -0.1) is 11.3 Å². The summed E-state index contributed by atoms with van der Waals surface area (Å²) in [6, 6.07) is 10.9. The lowest BCUT2D eigenvalue weighted by atomic mass is 10.0. The Kier molecular flexibility index (Phi) is 5.33. The van der Waals surface area contributed by atoms with Gasteiger partial charge in [-0.25, -0.2) is 4.98 Å². The van der Waals surface area contributed by atoms with Crippen LogP contribution in [-0.4, -0.2) is 11.0 Å². The molecule has 1 atom stereocenters. The number of aromatic nitrogens is 1. The van der Waals surface area contributed by atoms with Gasteiger partial charge in [0.25, 0.3) is 0 Å². The molecule has 0 bridgehead atoms. The molecule has 0 fully saturated rings. The van der Waals surface area contributed by atoms with E-state index in [0.29, 0.717) is 6.04 Å². The van der Waals surface area contributed by atoms with E-state index in [1.807, 2.05) is 11.6 Å². The van der Waals surface area contributed by atoms with Crippen molar-refractivity contribution < 1.29 is 0 Å². The fraction of sp³-hybridized carbons (Fsp3) is 0.357. The molecule has 2 aromatic rings. The Morgan fingerprint density at radius 3 is 2.78 bits per heavy atom. The van der Waals surface area contributed by atoms with E-state index in [1.54, 1.807) is 11.3 Å². The van der Waals surface area contributed by atoms with Gasteiger partial charge in [-0.05, 0) is 24.8 Å². The summed E-state index contributed by atoms with van der Waals surface area (Å²) in [5.41, 5.74) is 4.28. The Hall–Kier alpha value is -1.23. The summed E-state index contributed by atoms with van der Waals surface area (Å²) in [5.74, 6) is 5.60. The fourth-order valence-corrected chi connectivity index (χ4v) is 2.70. The van der Waals surface area contributed by atoms with E-state index >= 15 is 0 Å². The van der Waals surface area contributed by atoms with E-state index in [9.17, 15) is 0 Å². The topological polar surface area (TPSA) is 50.9 Å². The summed E-state index contributed by atoms with van der Waals surface area (Å²) in [6.45, 7) is 0. The van der Waals surface area contributed by atoms with Crippen molar-refractivity contribution in [1.82, 2.24) is 10.4 Å². The van der Waals surface area contributed by atoms with Crippen LogP contribution in [0.4, 0.5) is 0 Å². The van der Waals surface area contributed by atoms with Gasteiger partial charge in [-0.3, -0.25) is 11.3 Å². The average Bonchev–Trinajstić information content (AvgIpc) is 2.92. The van der Waals surface area contributed by atoms with Crippen molar-refractivity contribution in [2.24, 2.45) is 5.84 Å². The van der Waals surface area contributed by atoms with Gasteiger partial charge in [0.05, 0.1) is 5.01 Å². The van der Waals surface area contributed by atoms with Crippen LogP contribution < -0.4 is 11.3 Å². The predicted octanol–water partition coefficient (Wildman–Crippen LogP) is 2.54. The molecule has 2 rings (SSSR count). The van der Waals surface area contributed by atoms with Gasteiger partial charge in [0.15, 0.2) is 0 Å². The second-order valence-corrected chi connectivity index (χ2v) is 5.35. The van der Waals surface area contributed by atoms with Crippen molar-refractivity contribution in [2.75, 3.05) is 0 Å². The van der Waals surface area contributed by atoms with Crippen LogP contribution in [0.3, 0.4) is 0 Å². The molecule has 3 nitrogen and oxygen atoms in total. The summed E-state index contributed by atoms with van der Waals surface area (Å²) in [4.78, 5) is 4.29. The third kappa shape index (κ3) is 4.22. The maximum Gasteiger partial charge on any atom is 0.0940 e. The number of nitrogens with one attached hydrogen (secondary N) is 1. The van der Waals surface area contributed by atoms with Crippen molar-refractivity contribution >= 4 is 11.3 Å². The van der Waals surface area contributed by atoms with Gasteiger partial charge >= 0.3 is 0 Å². The standard InChI is InChI=1S/C14H19N3S/c15-17-13(11-14-16-9-10-18-14)8-4-7-12-5-2-1-3-6-12/h1-3,5-6,9-10,13,17H,4,7-8,11,15H2. The SMILES string of the molecule is NNC(CCCc1ccccc1)Cc1nccs1. The van der Waals surface area contributed by atoms with Crippen LogP contribution in [0.15, 0.2) is 41.9 Å². The average molecular weight is 261 g/mol. The van der Waals surface area contributed by atoms with Crippen LogP contribution in [0.2, 0.25) is 0 Å². The summed E-state index contributed by atoms with van der Waals surface area (Å²) in [5, 5.41) is 3.16. The van der Waals surface area contributed by atoms with Crippen LogP contribution in [-0.2, 0) is 12.8 Å². The molecule has 0 aliphatic heterocycles. The summed E-state index contributed by atoms with van der Waals surface area (Å²) in [6.07, 6.45) is 6.09. The van der Waals surface area contributed by atoms with Gasteiger partial charge in [0.2, 0.25) is 0 Å². The van der Waals surface area contributed by atoms with Crippen LogP contribution in [0.5, 0.6) is 0 Å². The molecule has 0 saturated carbocycles. The molecule has 1 aromatic carbocycles. The van der Waals surface area contributed by atoms with Crippen molar-refractivity contribution in [2.45, 2.75) is 31.7 Å². The molecule has 96 valence electrons. The van der Waals surface area contributed by atoms with E-state index in [2.05, 4.69) is 40.7 Å². The fourth-order valence-electron chi connectivity index (χ4n) is 2.01. The third-order valence-electron chi connectivity index (χ3n) is 3.00. The molecule has 0 aliphatic rings. The Morgan fingerprint density at radius 2 is 2.11 bits per heavy atom. The van der Waals surface area contributed by atoms with Crippen molar-refractivity contribution in [3.05, 3.63) is 52.5 Å². The molecule has 18 heavy (non-hydrogen) atoms. The second-order valence-electron chi connectivity index (χ2n) is 4.37.